The first-order valence-electron chi connectivity index (χ1n) is 5.75. The third-order valence-corrected chi connectivity index (χ3v) is 5.24. The summed E-state index contributed by atoms with van der Waals surface area (Å²) in [7, 11) is 3.26. The minimum atomic E-state index is -3.59. The highest BCUT2D eigenvalue weighted by Crippen LogP contribution is 2.33. The highest BCUT2D eigenvalue weighted by Gasteiger charge is 2.28. The van der Waals surface area contributed by atoms with Gasteiger partial charge in [-0.2, -0.15) is 4.37 Å². The van der Waals surface area contributed by atoms with Crippen molar-refractivity contribution >= 4 is 32.4 Å². The SMILES string of the molecule is CC(CN(C)C)Nc1snc(N)c1S(=O)(=O)N(C)C. The van der Waals surface area contributed by atoms with Crippen LogP contribution in [0, 0.1) is 0 Å². The molecule has 1 unspecified atom stereocenters. The summed E-state index contributed by atoms with van der Waals surface area (Å²) in [6.45, 7) is 2.75. The van der Waals surface area contributed by atoms with Crippen LogP contribution in [0.3, 0.4) is 0 Å². The van der Waals surface area contributed by atoms with Crippen LogP contribution in [0.15, 0.2) is 4.90 Å². The van der Waals surface area contributed by atoms with Gasteiger partial charge < -0.3 is 16.0 Å². The van der Waals surface area contributed by atoms with E-state index in [4.69, 9.17) is 5.73 Å². The Bertz CT molecular complexity index is 524. The van der Waals surface area contributed by atoms with E-state index in [2.05, 4.69) is 9.69 Å². The summed E-state index contributed by atoms with van der Waals surface area (Å²) in [5.74, 6) is 0.0400. The van der Waals surface area contributed by atoms with Gasteiger partial charge >= 0.3 is 0 Å². The first-order chi connectivity index (χ1) is 8.66. The number of nitrogens with two attached hydrogens (primary N) is 1. The summed E-state index contributed by atoms with van der Waals surface area (Å²) < 4.78 is 29.5. The molecule has 0 aliphatic carbocycles. The lowest BCUT2D eigenvalue weighted by Crippen LogP contribution is -2.30. The van der Waals surface area contributed by atoms with Gasteiger partial charge in [-0.05, 0) is 32.6 Å². The van der Waals surface area contributed by atoms with Crippen molar-refractivity contribution in [2.45, 2.75) is 17.9 Å². The fraction of sp³-hybridized carbons (Fsp3) is 0.700. The Kier molecular flexibility index (Phi) is 5.13. The molecule has 7 nitrogen and oxygen atoms in total. The third-order valence-electron chi connectivity index (χ3n) is 2.43. The third kappa shape index (κ3) is 3.78. The molecule has 0 bridgehead atoms. The number of sulfonamides is 1. The number of hydrogen-bond donors (Lipinski definition) is 2. The quantitative estimate of drug-likeness (QED) is 0.787. The molecule has 1 atom stereocenters. The molecule has 0 saturated heterocycles. The van der Waals surface area contributed by atoms with Crippen molar-refractivity contribution in [1.29, 1.82) is 0 Å². The van der Waals surface area contributed by atoms with E-state index in [0.29, 0.717) is 5.00 Å². The van der Waals surface area contributed by atoms with Gasteiger partial charge in [0.2, 0.25) is 10.0 Å². The van der Waals surface area contributed by atoms with E-state index in [1.165, 1.54) is 14.1 Å². The first kappa shape index (κ1) is 16.2. The van der Waals surface area contributed by atoms with Crippen LogP contribution in [-0.4, -0.2) is 62.8 Å². The van der Waals surface area contributed by atoms with E-state index >= 15 is 0 Å². The zero-order valence-electron chi connectivity index (χ0n) is 11.8. The second-order valence-electron chi connectivity index (χ2n) is 4.82. The molecule has 3 N–H and O–H groups in total. The van der Waals surface area contributed by atoms with Crippen molar-refractivity contribution in [2.75, 3.05) is 45.8 Å². The molecule has 1 aromatic heterocycles. The maximum absolute atomic E-state index is 12.2. The fourth-order valence-corrected chi connectivity index (χ4v) is 3.81. The average molecular weight is 307 g/mol. The Hall–Kier alpha value is -0.900. The normalized spacial score (nSPS) is 14.1. The van der Waals surface area contributed by atoms with Gasteiger partial charge in [0.1, 0.15) is 5.00 Å². The van der Waals surface area contributed by atoms with Crippen LogP contribution in [0.1, 0.15) is 6.92 Å². The molecule has 1 heterocycles. The van der Waals surface area contributed by atoms with E-state index in [1.54, 1.807) is 0 Å². The predicted molar refractivity (Wildman–Crippen MR) is 79.0 cm³/mol. The smallest absolute Gasteiger partial charge is 0.249 e. The van der Waals surface area contributed by atoms with E-state index in [0.717, 1.165) is 22.4 Å². The van der Waals surface area contributed by atoms with Gasteiger partial charge in [-0.15, -0.1) is 0 Å². The summed E-state index contributed by atoms with van der Waals surface area (Å²) in [5, 5.41) is 3.64. The van der Waals surface area contributed by atoms with Gasteiger partial charge in [0.05, 0.1) is 0 Å². The maximum atomic E-state index is 12.2. The molecular weight excluding hydrogens is 286 g/mol. The molecular formula is C10H21N5O2S2. The molecule has 0 aliphatic rings. The minimum Gasteiger partial charge on any atom is -0.382 e. The number of anilines is 2. The van der Waals surface area contributed by atoms with Crippen LogP contribution in [0.2, 0.25) is 0 Å². The van der Waals surface area contributed by atoms with Crippen molar-refractivity contribution in [3.05, 3.63) is 0 Å². The molecule has 0 aromatic carbocycles. The molecule has 0 aliphatic heterocycles. The Balaban J connectivity index is 3.06. The Morgan fingerprint density at radius 2 is 1.95 bits per heavy atom. The molecule has 110 valence electrons. The van der Waals surface area contributed by atoms with Gasteiger partial charge in [-0.1, -0.05) is 0 Å². The molecule has 0 saturated carbocycles. The highest BCUT2D eigenvalue weighted by atomic mass is 32.2. The van der Waals surface area contributed by atoms with E-state index in [1.807, 2.05) is 25.9 Å². The van der Waals surface area contributed by atoms with Crippen molar-refractivity contribution in [3.8, 4) is 0 Å². The van der Waals surface area contributed by atoms with Crippen molar-refractivity contribution in [1.82, 2.24) is 13.6 Å². The monoisotopic (exact) mass is 307 g/mol. The number of likely N-dealkylation sites (N-methyl/N-ethyl adjacent to an activating group) is 1. The first-order valence-corrected chi connectivity index (χ1v) is 7.96. The molecule has 1 rings (SSSR count). The summed E-state index contributed by atoms with van der Waals surface area (Å²) in [4.78, 5) is 2.08. The van der Waals surface area contributed by atoms with Crippen LogP contribution in [0.5, 0.6) is 0 Å². The summed E-state index contributed by atoms with van der Waals surface area (Å²) in [6, 6.07) is 0.0889. The molecule has 9 heteroatoms. The van der Waals surface area contributed by atoms with Crippen LogP contribution in [0.4, 0.5) is 10.8 Å². The number of hydrogen-bond acceptors (Lipinski definition) is 7. The van der Waals surface area contributed by atoms with E-state index < -0.39 is 10.0 Å². The second-order valence-corrected chi connectivity index (χ2v) is 7.68. The number of aromatic nitrogens is 1. The fourth-order valence-electron chi connectivity index (χ4n) is 1.63. The van der Waals surface area contributed by atoms with Gasteiger partial charge in [0.15, 0.2) is 10.7 Å². The number of nitrogens with one attached hydrogen (secondary N) is 1. The Morgan fingerprint density at radius 1 is 1.37 bits per heavy atom. The standard InChI is InChI=1S/C10H21N5O2S2/c1-7(6-14(2)3)12-10-8(9(11)13-18-10)19(16,17)15(4)5/h7,12H,6H2,1-5H3,(H2,11,13). The zero-order chi connectivity index (χ0) is 14.8. The molecule has 0 amide bonds. The summed E-state index contributed by atoms with van der Waals surface area (Å²) in [6.07, 6.45) is 0. The summed E-state index contributed by atoms with van der Waals surface area (Å²) in [5.41, 5.74) is 5.69. The largest absolute Gasteiger partial charge is 0.382 e. The second kappa shape index (κ2) is 6.04. The van der Waals surface area contributed by atoms with Gasteiger partial charge in [-0.3, -0.25) is 0 Å². The van der Waals surface area contributed by atoms with E-state index in [9.17, 15) is 8.42 Å². The van der Waals surface area contributed by atoms with Gasteiger partial charge in [0.25, 0.3) is 0 Å². The average Bonchev–Trinajstić information content (AvgIpc) is 2.58. The van der Waals surface area contributed by atoms with Crippen LogP contribution >= 0.6 is 11.5 Å². The topological polar surface area (TPSA) is 91.6 Å². The maximum Gasteiger partial charge on any atom is 0.249 e. The lowest BCUT2D eigenvalue weighted by Gasteiger charge is -2.19. The molecule has 1 aromatic rings. The van der Waals surface area contributed by atoms with Gasteiger partial charge in [0, 0.05) is 26.7 Å². The molecule has 0 radical (unpaired) electrons. The predicted octanol–water partition coefficient (Wildman–Crippen LogP) is 0.338. The molecule has 0 spiro atoms. The molecule has 0 fully saturated rings. The van der Waals surface area contributed by atoms with E-state index in [-0.39, 0.29) is 16.8 Å². The Labute approximate surface area is 118 Å². The lowest BCUT2D eigenvalue weighted by molar-refractivity contribution is 0.392. The minimum absolute atomic E-state index is 0.0400. The van der Waals surface area contributed by atoms with Crippen molar-refractivity contribution in [2.24, 2.45) is 0 Å². The van der Waals surface area contributed by atoms with Crippen LogP contribution in [0.25, 0.3) is 0 Å². The summed E-state index contributed by atoms with van der Waals surface area (Å²) >= 11 is 1.07. The lowest BCUT2D eigenvalue weighted by atomic mass is 10.3. The van der Waals surface area contributed by atoms with Crippen LogP contribution in [-0.2, 0) is 10.0 Å². The van der Waals surface area contributed by atoms with Gasteiger partial charge in [-0.25, -0.2) is 12.7 Å². The highest BCUT2D eigenvalue weighted by molar-refractivity contribution is 7.89. The zero-order valence-corrected chi connectivity index (χ0v) is 13.5. The number of rotatable bonds is 6. The van der Waals surface area contributed by atoms with Crippen LogP contribution < -0.4 is 11.1 Å². The molecule has 19 heavy (non-hydrogen) atoms. The number of nitrogen functional groups attached to an aromatic ring is 1. The number of nitrogens with zero attached hydrogens (tertiary/aromatic N) is 3. The van der Waals surface area contributed by atoms with Crippen molar-refractivity contribution in [3.63, 3.8) is 0 Å². The Morgan fingerprint density at radius 3 is 2.42 bits per heavy atom. The van der Waals surface area contributed by atoms with Crippen molar-refractivity contribution < 1.29 is 8.42 Å².